The van der Waals surface area contributed by atoms with E-state index in [9.17, 15) is 4.79 Å². The number of nitrogens with zero attached hydrogens (tertiary/aromatic N) is 2. The second-order valence-electron chi connectivity index (χ2n) is 4.82. The van der Waals surface area contributed by atoms with Crippen molar-refractivity contribution in [3.8, 4) is 6.07 Å². The van der Waals surface area contributed by atoms with Crippen LogP contribution in [0.25, 0.3) is 17.0 Å². The highest BCUT2D eigenvalue weighted by Gasteiger charge is 2.06. The van der Waals surface area contributed by atoms with Crippen LogP contribution >= 0.6 is 0 Å². The van der Waals surface area contributed by atoms with Crippen molar-refractivity contribution < 1.29 is 9.53 Å². The molecule has 0 aliphatic carbocycles. The van der Waals surface area contributed by atoms with Gasteiger partial charge in [-0.15, -0.1) is 0 Å². The number of nitrogens with one attached hydrogen (secondary N) is 1. The van der Waals surface area contributed by atoms with Crippen molar-refractivity contribution in [2.75, 3.05) is 20.3 Å². The van der Waals surface area contributed by atoms with Gasteiger partial charge in [-0.1, -0.05) is 18.2 Å². The molecule has 0 saturated carbocycles. The Kier molecular flexibility index (Phi) is 5.75. The minimum atomic E-state index is -0.147. The number of aromatic nitrogens is 1. The van der Waals surface area contributed by atoms with Gasteiger partial charge in [-0.05, 0) is 12.1 Å². The molecule has 0 radical (unpaired) electrons. The molecule has 5 heteroatoms. The topological polar surface area (TPSA) is 67.0 Å². The molecule has 0 fully saturated rings. The van der Waals surface area contributed by atoms with Crippen molar-refractivity contribution in [3.05, 3.63) is 42.1 Å². The molecule has 0 saturated heterocycles. The SMILES string of the molecule is COCCNC(=O)/C=C/c1cn(CCC#N)c2ccccc12. The van der Waals surface area contributed by atoms with Crippen LogP contribution in [0, 0.1) is 11.3 Å². The summed E-state index contributed by atoms with van der Waals surface area (Å²) >= 11 is 0. The number of amides is 1. The fourth-order valence-electron chi connectivity index (χ4n) is 2.26. The molecule has 0 atom stereocenters. The third-order valence-electron chi connectivity index (χ3n) is 3.30. The molecule has 0 bridgehead atoms. The molecule has 1 amide bonds. The highest BCUT2D eigenvalue weighted by atomic mass is 16.5. The molecule has 0 aliphatic heterocycles. The van der Waals surface area contributed by atoms with Gasteiger partial charge in [-0.3, -0.25) is 4.79 Å². The number of carbonyl (C=O) groups excluding carboxylic acids is 1. The van der Waals surface area contributed by atoms with Crippen molar-refractivity contribution in [2.24, 2.45) is 0 Å². The van der Waals surface area contributed by atoms with E-state index in [1.54, 1.807) is 13.2 Å². The average Bonchev–Trinajstić information content (AvgIpc) is 2.89. The summed E-state index contributed by atoms with van der Waals surface area (Å²) in [4.78, 5) is 11.7. The van der Waals surface area contributed by atoms with Gasteiger partial charge in [0.25, 0.3) is 0 Å². The number of aryl methyl sites for hydroxylation is 1. The second-order valence-corrected chi connectivity index (χ2v) is 4.82. The number of hydrogen-bond donors (Lipinski definition) is 1. The summed E-state index contributed by atoms with van der Waals surface area (Å²) in [5, 5.41) is 12.6. The van der Waals surface area contributed by atoms with Crippen molar-refractivity contribution in [1.82, 2.24) is 9.88 Å². The number of fused-ring (bicyclic) bond motifs is 1. The van der Waals surface area contributed by atoms with E-state index in [4.69, 9.17) is 10.00 Å². The van der Waals surface area contributed by atoms with Crippen LogP contribution in [-0.2, 0) is 16.1 Å². The van der Waals surface area contributed by atoms with Gasteiger partial charge in [0.1, 0.15) is 0 Å². The van der Waals surface area contributed by atoms with Crippen molar-refractivity contribution >= 4 is 22.9 Å². The van der Waals surface area contributed by atoms with Gasteiger partial charge >= 0.3 is 0 Å². The maximum absolute atomic E-state index is 11.7. The standard InChI is InChI=1S/C17H19N3O2/c1-22-12-10-19-17(21)8-7-14-13-20(11-4-9-18)16-6-3-2-5-15(14)16/h2-3,5-8,13H,4,10-12H2,1H3,(H,19,21)/b8-7+. The highest BCUT2D eigenvalue weighted by molar-refractivity contribution is 5.96. The Labute approximate surface area is 129 Å². The molecule has 0 spiro atoms. The lowest BCUT2D eigenvalue weighted by Gasteiger charge is -2.00. The first kappa shape index (κ1) is 15.8. The van der Waals surface area contributed by atoms with Crippen LogP contribution in [0.2, 0.25) is 0 Å². The van der Waals surface area contributed by atoms with Crippen molar-refractivity contribution in [2.45, 2.75) is 13.0 Å². The lowest BCUT2D eigenvalue weighted by atomic mass is 10.1. The highest BCUT2D eigenvalue weighted by Crippen LogP contribution is 2.22. The number of hydrogen-bond acceptors (Lipinski definition) is 3. The third kappa shape index (κ3) is 3.96. The smallest absolute Gasteiger partial charge is 0.244 e. The van der Waals surface area contributed by atoms with Gasteiger partial charge in [-0.2, -0.15) is 5.26 Å². The van der Waals surface area contributed by atoms with E-state index < -0.39 is 0 Å². The molecule has 2 rings (SSSR count). The number of para-hydroxylation sites is 1. The van der Waals surface area contributed by atoms with E-state index in [0.717, 1.165) is 16.5 Å². The first-order valence-corrected chi connectivity index (χ1v) is 7.16. The Morgan fingerprint density at radius 3 is 3.05 bits per heavy atom. The van der Waals surface area contributed by atoms with Crippen molar-refractivity contribution in [1.29, 1.82) is 5.26 Å². The Hall–Kier alpha value is -2.58. The maximum Gasteiger partial charge on any atom is 0.244 e. The number of carbonyl (C=O) groups is 1. The minimum Gasteiger partial charge on any atom is -0.383 e. The fourth-order valence-corrected chi connectivity index (χ4v) is 2.26. The van der Waals surface area contributed by atoms with E-state index in [2.05, 4.69) is 11.4 Å². The van der Waals surface area contributed by atoms with Gasteiger partial charge in [0.2, 0.25) is 5.91 Å². The zero-order valence-corrected chi connectivity index (χ0v) is 12.6. The molecule has 0 aliphatic rings. The molecule has 1 aromatic heterocycles. The minimum absolute atomic E-state index is 0.147. The number of methoxy groups -OCH3 is 1. The van der Waals surface area contributed by atoms with Crippen molar-refractivity contribution in [3.63, 3.8) is 0 Å². The molecule has 5 nitrogen and oxygen atoms in total. The van der Waals surface area contributed by atoms with Crippen LogP contribution in [0.4, 0.5) is 0 Å². The largest absolute Gasteiger partial charge is 0.383 e. The number of nitriles is 1. The predicted molar refractivity (Wildman–Crippen MR) is 86.1 cm³/mol. The summed E-state index contributed by atoms with van der Waals surface area (Å²) in [6, 6.07) is 10.1. The van der Waals surface area contributed by atoms with Gasteiger partial charge in [0.05, 0.1) is 19.1 Å². The van der Waals surface area contributed by atoms with Gasteiger partial charge in [-0.25, -0.2) is 0 Å². The summed E-state index contributed by atoms with van der Waals surface area (Å²) in [5.41, 5.74) is 2.03. The number of benzene rings is 1. The lowest BCUT2D eigenvalue weighted by Crippen LogP contribution is -2.24. The van der Waals surface area contributed by atoms with Gasteiger partial charge < -0.3 is 14.6 Å². The van der Waals surface area contributed by atoms with Crippen LogP contribution < -0.4 is 5.32 Å². The third-order valence-corrected chi connectivity index (χ3v) is 3.30. The van der Waals surface area contributed by atoms with Crippen LogP contribution in [0.15, 0.2) is 36.5 Å². The first-order valence-electron chi connectivity index (χ1n) is 7.16. The molecule has 1 N–H and O–H groups in total. The van der Waals surface area contributed by atoms with E-state index in [1.807, 2.05) is 35.0 Å². The quantitative estimate of drug-likeness (QED) is 0.630. The van der Waals surface area contributed by atoms with E-state index in [0.29, 0.717) is 26.1 Å². The molecule has 1 aromatic carbocycles. The zero-order valence-electron chi connectivity index (χ0n) is 12.6. The van der Waals surface area contributed by atoms with E-state index >= 15 is 0 Å². The van der Waals surface area contributed by atoms with Crippen LogP contribution in [-0.4, -0.2) is 30.7 Å². The lowest BCUT2D eigenvalue weighted by molar-refractivity contribution is -0.116. The second kappa shape index (κ2) is 8.01. The maximum atomic E-state index is 11.7. The van der Waals surface area contributed by atoms with E-state index in [-0.39, 0.29) is 5.91 Å². The molecule has 2 aromatic rings. The van der Waals surface area contributed by atoms with Crippen LogP contribution in [0.5, 0.6) is 0 Å². The Balaban J connectivity index is 2.17. The van der Waals surface area contributed by atoms with Gasteiger partial charge in [0.15, 0.2) is 0 Å². The summed E-state index contributed by atoms with van der Waals surface area (Å²) in [7, 11) is 1.60. The normalized spacial score (nSPS) is 10.9. The number of ether oxygens (including phenoxy) is 1. The molecule has 0 unspecified atom stereocenters. The Bertz CT molecular complexity index is 710. The fraction of sp³-hybridized carbons (Fsp3) is 0.294. The zero-order chi connectivity index (χ0) is 15.8. The molecule has 22 heavy (non-hydrogen) atoms. The Morgan fingerprint density at radius 1 is 1.45 bits per heavy atom. The molecular formula is C17H19N3O2. The van der Waals surface area contributed by atoms with Crippen LogP contribution in [0.3, 0.4) is 0 Å². The summed E-state index contributed by atoms with van der Waals surface area (Å²) in [6.07, 6.45) is 5.75. The molecule has 114 valence electrons. The molecule has 1 heterocycles. The monoisotopic (exact) mass is 297 g/mol. The van der Waals surface area contributed by atoms with E-state index in [1.165, 1.54) is 6.08 Å². The number of rotatable bonds is 7. The predicted octanol–water partition coefficient (Wildman–Crippen LogP) is 2.33. The summed E-state index contributed by atoms with van der Waals surface area (Å²) < 4.78 is 6.93. The molecular weight excluding hydrogens is 278 g/mol. The average molecular weight is 297 g/mol. The van der Waals surface area contributed by atoms with Crippen LogP contribution in [0.1, 0.15) is 12.0 Å². The summed E-state index contributed by atoms with van der Waals surface area (Å²) in [5.74, 6) is -0.147. The van der Waals surface area contributed by atoms with Gasteiger partial charge in [0, 0.05) is 48.9 Å². The Morgan fingerprint density at radius 2 is 2.27 bits per heavy atom. The summed E-state index contributed by atoms with van der Waals surface area (Å²) in [6.45, 7) is 1.63. The first-order chi connectivity index (χ1) is 10.8.